The zero-order valence-corrected chi connectivity index (χ0v) is 22.1. The summed E-state index contributed by atoms with van der Waals surface area (Å²) in [6.07, 6.45) is 8.15. The second kappa shape index (κ2) is 11.6. The minimum absolute atomic E-state index is 0.105. The lowest BCUT2D eigenvalue weighted by Crippen LogP contribution is -2.49. The smallest absolute Gasteiger partial charge is 0.410 e. The average molecular weight is 552 g/mol. The molecule has 1 atom stereocenters. The summed E-state index contributed by atoms with van der Waals surface area (Å²) in [5.41, 5.74) is 2.15. The summed E-state index contributed by atoms with van der Waals surface area (Å²) in [6.45, 7) is 1.90. The highest BCUT2D eigenvalue weighted by Crippen LogP contribution is 2.36. The molecule has 12 heteroatoms. The summed E-state index contributed by atoms with van der Waals surface area (Å²) in [7, 11) is 0. The van der Waals surface area contributed by atoms with Crippen molar-refractivity contribution < 1.29 is 19.7 Å². The van der Waals surface area contributed by atoms with Gasteiger partial charge in [0.25, 0.3) is 0 Å². The Bertz CT molecular complexity index is 1430. The van der Waals surface area contributed by atoms with Crippen molar-refractivity contribution >= 4 is 40.6 Å². The number of carbonyl (C=O) groups is 1. The molecule has 4 N–H and O–H groups in total. The Hall–Kier alpha value is -3.72. The first-order valence-corrected chi connectivity index (χ1v) is 13.3. The van der Waals surface area contributed by atoms with Crippen LogP contribution in [0.15, 0.2) is 24.3 Å². The number of aliphatic hydroxyl groups excluding tert-OH is 1. The lowest BCUT2D eigenvalue weighted by molar-refractivity contribution is 0.0713. The number of carboxylic acid groups (broad SMARTS) is 1. The molecule has 1 saturated carbocycles. The molecule has 1 saturated heterocycles. The van der Waals surface area contributed by atoms with E-state index in [-0.39, 0.29) is 18.5 Å². The van der Waals surface area contributed by atoms with E-state index in [0.717, 1.165) is 25.7 Å². The number of aromatic nitrogens is 4. The molecule has 3 aromatic rings. The maximum atomic E-state index is 11.2. The van der Waals surface area contributed by atoms with Crippen LogP contribution in [0.3, 0.4) is 0 Å². The Morgan fingerprint density at radius 3 is 2.74 bits per heavy atom. The fourth-order valence-corrected chi connectivity index (χ4v) is 5.56. The topological polar surface area (TPSA) is 149 Å². The van der Waals surface area contributed by atoms with E-state index < -0.39 is 11.9 Å². The minimum Gasteiger partial charge on any atom is -0.465 e. The molecular formula is C27H30ClN7O4. The number of nitrogens with zero attached hydrogens (tertiary/aromatic N) is 5. The molecule has 39 heavy (non-hydrogen) atoms. The van der Waals surface area contributed by atoms with Gasteiger partial charge < -0.3 is 24.4 Å². The third kappa shape index (κ3) is 5.68. The van der Waals surface area contributed by atoms with Gasteiger partial charge in [-0.25, -0.2) is 14.8 Å². The number of fused-ring (bicyclic) bond motifs is 1. The van der Waals surface area contributed by atoms with Crippen molar-refractivity contribution in [1.29, 1.82) is 5.41 Å². The van der Waals surface area contributed by atoms with Crippen LogP contribution in [-0.4, -0.2) is 74.1 Å². The zero-order valence-electron chi connectivity index (χ0n) is 21.3. The number of amidine groups is 1. The van der Waals surface area contributed by atoms with Crippen molar-refractivity contribution in [3.8, 4) is 23.6 Å². The molecule has 5 rings (SSSR count). The van der Waals surface area contributed by atoms with Gasteiger partial charge in [-0.2, -0.15) is 4.98 Å². The van der Waals surface area contributed by atoms with Gasteiger partial charge in [0.05, 0.1) is 25.9 Å². The second-order valence-electron chi connectivity index (χ2n) is 9.89. The van der Waals surface area contributed by atoms with Crippen LogP contribution in [0.25, 0.3) is 22.4 Å². The third-order valence-electron chi connectivity index (χ3n) is 7.35. The van der Waals surface area contributed by atoms with E-state index in [1.807, 2.05) is 16.3 Å². The normalized spacial score (nSPS) is 21.5. The van der Waals surface area contributed by atoms with Crippen LogP contribution in [0.1, 0.15) is 31.5 Å². The van der Waals surface area contributed by atoms with Gasteiger partial charge >= 0.3 is 6.09 Å². The Morgan fingerprint density at radius 1 is 1.26 bits per heavy atom. The number of hydrogen-bond donors (Lipinski definition) is 4. The van der Waals surface area contributed by atoms with Gasteiger partial charge in [-0.15, -0.1) is 12.3 Å². The summed E-state index contributed by atoms with van der Waals surface area (Å²) in [5.74, 6) is 3.58. The van der Waals surface area contributed by atoms with Crippen LogP contribution in [0.5, 0.6) is 0 Å². The molecule has 1 aromatic carbocycles. The first kappa shape index (κ1) is 26.9. The molecule has 3 heterocycles. The predicted molar refractivity (Wildman–Crippen MR) is 147 cm³/mol. The molecular weight excluding hydrogens is 522 g/mol. The Kier molecular flexibility index (Phi) is 7.97. The molecule has 1 aliphatic heterocycles. The quantitative estimate of drug-likeness (QED) is 0.207. The summed E-state index contributed by atoms with van der Waals surface area (Å²) >= 11 is 6.34. The molecule has 2 aliphatic rings. The number of hydrogen-bond acceptors (Lipinski definition) is 8. The van der Waals surface area contributed by atoms with Gasteiger partial charge in [-0.3, -0.25) is 10.7 Å². The fourth-order valence-electron chi connectivity index (χ4n) is 5.37. The van der Waals surface area contributed by atoms with E-state index in [1.165, 1.54) is 0 Å². The number of halogens is 1. The van der Waals surface area contributed by atoms with E-state index >= 15 is 0 Å². The Labute approximate surface area is 230 Å². The summed E-state index contributed by atoms with van der Waals surface area (Å²) in [5, 5.41) is 30.1. The van der Waals surface area contributed by atoms with Gasteiger partial charge in [-0.1, -0.05) is 23.7 Å². The summed E-state index contributed by atoms with van der Waals surface area (Å²) < 4.78 is 7.71. The molecule has 0 spiro atoms. The van der Waals surface area contributed by atoms with E-state index in [1.54, 1.807) is 18.2 Å². The highest BCUT2D eigenvalue weighted by atomic mass is 35.5. The van der Waals surface area contributed by atoms with Gasteiger partial charge in [0.15, 0.2) is 17.3 Å². The molecule has 1 amide bonds. The van der Waals surface area contributed by atoms with Gasteiger partial charge in [0, 0.05) is 29.6 Å². The molecule has 2 aromatic heterocycles. The monoisotopic (exact) mass is 551 g/mol. The second-order valence-corrected chi connectivity index (χ2v) is 10.3. The first-order chi connectivity index (χ1) is 18.9. The third-order valence-corrected chi connectivity index (χ3v) is 7.59. The SMILES string of the molecule is C#C[C@H]1CC[C@H](Cn2c(N3CCOC[C@H]3CO)nc3nc(C(=N)NC(=O)O)nc(-c4cccc(Cl)c4)c32)CC1. The minimum atomic E-state index is -1.39. The largest absolute Gasteiger partial charge is 0.465 e. The Morgan fingerprint density at radius 2 is 2.05 bits per heavy atom. The molecule has 0 radical (unpaired) electrons. The van der Waals surface area contributed by atoms with Crippen molar-refractivity contribution in [3.63, 3.8) is 0 Å². The van der Waals surface area contributed by atoms with Crippen LogP contribution in [0.4, 0.5) is 10.7 Å². The van der Waals surface area contributed by atoms with Crippen molar-refractivity contribution in [2.45, 2.75) is 38.3 Å². The lowest BCUT2D eigenvalue weighted by atomic mass is 9.82. The van der Waals surface area contributed by atoms with E-state index in [0.29, 0.717) is 71.5 Å². The summed E-state index contributed by atoms with van der Waals surface area (Å²) in [6, 6.07) is 6.89. The standard InChI is InChI=1S/C27H30ClN7O4/c1-2-16-6-8-17(9-7-16)13-35-22-21(18-4-3-5-19(28)12-18)30-25(23(29)31-27(37)38)32-24(22)33-26(35)34-10-11-39-15-20(34)14-36/h1,3-5,12,16-17,20,36H,6-11,13-15H2,(H2,29,31)(H,37,38)/t16-,17-,20-/m1/s1. The molecule has 1 aliphatic carbocycles. The predicted octanol–water partition coefficient (Wildman–Crippen LogP) is 3.38. The number of benzene rings is 1. The van der Waals surface area contributed by atoms with Crippen molar-refractivity contribution in [3.05, 3.63) is 35.1 Å². The maximum Gasteiger partial charge on any atom is 0.410 e. The lowest BCUT2D eigenvalue weighted by Gasteiger charge is -2.36. The molecule has 2 fully saturated rings. The first-order valence-electron chi connectivity index (χ1n) is 12.9. The van der Waals surface area contributed by atoms with Crippen LogP contribution in [0, 0.1) is 29.6 Å². The number of terminal acetylenes is 1. The number of aliphatic hydroxyl groups is 1. The number of anilines is 1. The number of imidazole rings is 1. The number of ether oxygens (including phenoxy) is 1. The van der Waals surface area contributed by atoms with Crippen molar-refractivity contribution in [2.75, 3.05) is 31.3 Å². The summed E-state index contributed by atoms with van der Waals surface area (Å²) in [4.78, 5) is 27.3. The van der Waals surface area contributed by atoms with E-state index in [4.69, 9.17) is 33.2 Å². The van der Waals surface area contributed by atoms with Crippen molar-refractivity contribution in [1.82, 2.24) is 24.8 Å². The van der Waals surface area contributed by atoms with E-state index in [9.17, 15) is 15.0 Å². The van der Waals surface area contributed by atoms with Gasteiger partial charge in [0.2, 0.25) is 5.95 Å². The molecule has 0 unspecified atom stereocenters. The number of rotatable bonds is 6. The van der Waals surface area contributed by atoms with Crippen LogP contribution in [0.2, 0.25) is 5.02 Å². The highest BCUT2D eigenvalue weighted by molar-refractivity contribution is 6.30. The van der Waals surface area contributed by atoms with Crippen LogP contribution in [-0.2, 0) is 11.3 Å². The highest BCUT2D eigenvalue weighted by Gasteiger charge is 2.31. The van der Waals surface area contributed by atoms with Crippen LogP contribution >= 0.6 is 11.6 Å². The Balaban J connectivity index is 1.70. The fraction of sp³-hybridized carbons (Fsp3) is 0.444. The number of nitrogens with one attached hydrogen (secondary N) is 2. The van der Waals surface area contributed by atoms with Gasteiger partial charge in [0.1, 0.15) is 11.2 Å². The molecule has 0 bridgehead atoms. The maximum absolute atomic E-state index is 11.2. The molecule has 11 nitrogen and oxygen atoms in total. The van der Waals surface area contributed by atoms with Crippen LogP contribution < -0.4 is 10.2 Å². The zero-order chi connectivity index (χ0) is 27.5. The average Bonchev–Trinajstić information content (AvgIpc) is 3.30. The van der Waals surface area contributed by atoms with E-state index in [2.05, 4.69) is 20.5 Å². The molecule has 204 valence electrons. The van der Waals surface area contributed by atoms with Gasteiger partial charge in [-0.05, 0) is 43.7 Å². The number of amides is 1. The van der Waals surface area contributed by atoms with Crippen molar-refractivity contribution in [2.24, 2.45) is 11.8 Å². The number of morpholine rings is 1.